The number of rotatable bonds is 6. The highest BCUT2D eigenvalue weighted by molar-refractivity contribution is 5.76. The summed E-state index contributed by atoms with van der Waals surface area (Å²) in [7, 11) is 0. The quantitative estimate of drug-likeness (QED) is 0.733. The van der Waals surface area contributed by atoms with Crippen molar-refractivity contribution < 1.29 is 9.21 Å². The Bertz CT molecular complexity index is 778. The lowest BCUT2D eigenvalue weighted by Gasteiger charge is -2.06. The molecule has 5 heteroatoms. The van der Waals surface area contributed by atoms with Crippen molar-refractivity contribution in [2.24, 2.45) is 5.73 Å². The van der Waals surface area contributed by atoms with Crippen molar-refractivity contribution in [1.29, 1.82) is 0 Å². The summed E-state index contributed by atoms with van der Waals surface area (Å²) in [5.41, 5.74) is 9.29. The van der Waals surface area contributed by atoms with Crippen molar-refractivity contribution >= 4 is 17.0 Å². The van der Waals surface area contributed by atoms with Gasteiger partial charge in [0.1, 0.15) is 5.52 Å². The Morgan fingerprint density at radius 2 is 1.96 bits per heavy atom. The van der Waals surface area contributed by atoms with E-state index in [4.69, 9.17) is 10.2 Å². The lowest BCUT2D eigenvalue weighted by molar-refractivity contribution is -0.121. The molecule has 0 unspecified atom stereocenters. The van der Waals surface area contributed by atoms with E-state index in [1.807, 2.05) is 48.5 Å². The standard InChI is InChI=1S/C18H19N3O2/c19-11-13-4-3-5-14(10-13)12-20-17(22)8-9-18-21-15-6-1-2-7-16(15)23-18/h1-7,10H,8-9,11-12,19H2,(H,20,22). The molecule has 0 saturated heterocycles. The van der Waals surface area contributed by atoms with Crippen LogP contribution in [0.5, 0.6) is 0 Å². The molecule has 1 heterocycles. The van der Waals surface area contributed by atoms with E-state index in [0.717, 1.165) is 22.2 Å². The van der Waals surface area contributed by atoms with Gasteiger partial charge in [0.05, 0.1) is 0 Å². The van der Waals surface area contributed by atoms with Gasteiger partial charge in [0.15, 0.2) is 11.5 Å². The zero-order valence-corrected chi connectivity index (χ0v) is 12.8. The number of fused-ring (bicyclic) bond motifs is 1. The predicted octanol–water partition coefficient (Wildman–Crippen LogP) is 2.54. The highest BCUT2D eigenvalue weighted by atomic mass is 16.3. The van der Waals surface area contributed by atoms with Gasteiger partial charge in [-0.1, -0.05) is 36.4 Å². The van der Waals surface area contributed by atoms with Crippen LogP contribution < -0.4 is 11.1 Å². The van der Waals surface area contributed by atoms with Crippen molar-refractivity contribution in [3.8, 4) is 0 Å². The van der Waals surface area contributed by atoms with Crippen LogP contribution in [-0.2, 0) is 24.3 Å². The summed E-state index contributed by atoms with van der Waals surface area (Å²) < 4.78 is 5.61. The van der Waals surface area contributed by atoms with Crippen molar-refractivity contribution in [2.75, 3.05) is 0 Å². The normalized spacial score (nSPS) is 10.8. The Hall–Kier alpha value is -2.66. The molecule has 5 nitrogen and oxygen atoms in total. The number of para-hydroxylation sites is 2. The van der Waals surface area contributed by atoms with Crippen molar-refractivity contribution in [2.45, 2.75) is 25.9 Å². The zero-order valence-electron chi connectivity index (χ0n) is 12.8. The maximum absolute atomic E-state index is 12.0. The number of carbonyl (C=O) groups excluding carboxylic acids is 1. The molecule has 0 spiro atoms. The van der Waals surface area contributed by atoms with E-state index in [-0.39, 0.29) is 5.91 Å². The number of amides is 1. The third-order valence-electron chi connectivity index (χ3n) is 3.62. The highest BCUT2D eigenvalue weighted by Crippen LogP contribution is 2.15. The fraction of sp³-hybridized carbons (Fsp3) is 0.222. The van der Waals surface area contributed by atoms with Crippen LogP contribution in [0, 0.1) is 0 Å². The largest absolute Gasteiger partial charge is 0.441 e. The number of nitrogens with one attached hydrogen (secondary N) is 1. The maximum Gasteiger partial charge on any atom is 0.220 e. The average molecular weight is 309 g/mol. The molecule has 23 heavy (non-hydrogen) atoms. The molecule has 0 radical (unpaired) electrons. The molecule has 0 saturated carbocycles. The number of carbonyl (C=O) groups is 1. The second kappa shape index (κ2) is 7.07. The highest BCUT2D eigenvalue weighted by Gasteiger charge is 2.08. The molecule has 0 aliphatic carbocycles. The number of oxazole rings is 1. The number of nitrogens with zero attached hydrogens (tertiary/aromatic N) is 1. The summed E-state index contributed by atoms with van der Waals surface area (Å²) in [5, 5.41) is 2.91. The molecule has 0 aliphatic heterocycles. The van der Waals surface area contributed by atoms with E-state index in [9.17, 15) is 4.79 Å². The first-order valence-corrected chi connectivity index (χ1v) is 7.63. The summed E-state index contributed by atoms with van der Waals surface area (Å²) in [6.45, 7) is 1.000. The second-order valence-corrected chi connectivity index (χ2v) is 5.38. The molecular weight excluding hydrogens is 290 g/mol. The van der Waals surface area contributed by atoms with E-state index in [2.05, 4.69) is 10.3 Å². The van der Waals surface area contributed by atoms with Crippen LogP contribution in [0.2, 0.25) is 0 Å². The van der Waals surface area contributed by atoms with E-state index in [1.165, 1.54) is 0 Å². The molecule has 118 valence electrons. The fourth-order valence-corrected chi connectivity index (χ4v) is 2.40. The summed E-state index contributed by atoms with van der Waals surface area (Å²) in [6.07, 6.45) is 0.840. The monoisotopic (exact) mass is 309 g/mol. The Morgan fingerprint density at radius 3 is 2.78 bits per heavy atom. The Balaban J connectivity index is 1.51. The molecule has 0 aliphatic rings. The van der Waals surface area contributed by atoms with Crippen LogP contribution >= 0.6 is 0 Å². The van der Waals surface area contributed by atoms with Gasteiger partial charge in [0, 0.05) is 25.9 Å². The van der Waals surface area contributed by atoms with Crippen LogP contribution in [0.3, 0.4) is 0 Å². The van der Waals surface area contributed by atoms with E-state index >= 15 is 0 Å². The van der Waals surface area contributed by atoms with Crippen LogP contribution in [0.25, 0.3) is 11.1 Å². The molecule has 3 rings (SSSR count). The van der Waals surface area contributed by atoms with Crippen molar-refractivity contribution in [1.82, 2.24) is 10.3 Å². The van der Waals surface area contributed by atoms with Crippen LogP contribution in [0.4, 0.5) is 0 Å². The summed E-state index contributed by atoms with van der Waals surface area (Å²) in [5.74, 6) is 0.567. The van der Waals surface area contributed by atoms with Gasteiger partial charge in [-0.25, -0.2) is 4.98 Å². The van der Waals surface area contributed by atoms with Gasteiger partial charge in [-0.3, -0.25) is 4.79 Å². The summed E-state index contributed by atoms with van der Waals surface area (Å²) in [4.78, 5) is 16.3. The van der Waals surface area contributed by atoms with E-state index in [0.29, 0.717) is 31.8 Å². The van der Waals surface area contributed by atoms with Gasteiger partial charge in [-0.2, -0.15) is 0 Å². The molecule has 3 N–H and O–H groups in total. The third kappa shape index (κ3) is 3.96. The number of benzene rings is 2. The van der Waals surface area contributed by atoms with E-state index < -0.39 is 0 Å². The molecular formula is C18H19N3O2. The minimum absolute atomic E-state index is 0.0228. The van der Waals surface area contributed by atoms with E-state index in [1.54, 1.807) is 0 Å². The molecule has 0 atom stereocenters. The topological polar surface area (TPSA) is 81.1 Å². The predicted molar refractivity (Wildman–Crippen MR) is 88.5 cm³/mol. The number of nitrogens with two attached hydrogens (primary N) is 1. The smallest absolute Gasteiger partial charge is 0.220 e. The molecule has 1 amide bonds. The van der Waals surface area contributed by atoms with Gasteiger partial charge >= 0.3 is 0 Å². The fourth-order valence-electron chi connectivity index (χ4n) is 2.40. The number of hydrogen-bond acceptors (Lipinski definition) is 4. The first kappa shape index (κ1) is 15.2. The van der Waals surface area contributed by atoms with Gasteiger partial charge in [0.25, 0.3) is 0 Å². The Labute approximate surface area is 134 Å². The molecule has 0 fully saturated rings. The Kier molecular flexibility index (Phi) is 4.68. The lowest BCUT2D eigenvalue weighted by atomic mass is 10.1. The van der Waals surface area contributed by atoms with Gasteiger partial charge in [-0.05, 0) is 23.3 Å². The number of aryl methyl sites for hydroxylation is 1. The van der Waals surface area contributed by atoms with Gasteiger partial charge in [-0.15, -0.1) is 0 Å². The van der Waals surface area contributed by atoms with Gasteiger partial charge < -0.3 is 15.5 Å². The minimum atomic E-state index is -0.0228. The zero-order chi connectivity index (χ0) is 16.1. The maximum atomic E-state index is 12.0. The average Bonchev–Trinajstić information content (AvgIpc) is 3.01. The Morgan fingerprint density at radius 1 is 1.13 bits per heavy atom. The van der Waals surface area contributed by atoms with Gasteiger partial charge in [0.2, 0.25) is 5.91 Å². The number of hydrogen-bond donors (Lipinski definition) is 2. The molecule has 2 aromatic carbocycles. The summed E-state index contributed by atoms with van der Waals surface area (Å²) in [6, 6.07) is 15.5. The van der Waals surface area contributed by atoms with Crippen LogP contribution in [0.1, 0.15) is 23.4 Å². The second-order valence-electron chi connectivity index (χ2n) is 5.38. The molecule has 1 aromatic heterocycles. The first-order chi connectivity index (χ1) is 11.2. The van der Waals surface area contributed by atoms with Crippen molar-refractivity contribution in [3.63, 3.8) is 0 Å². The molecule has 0 bridgehead atoms. The number of aromatic nitrogens is 1. The summed E-state index contributed by atoms with van der Waals surface area (Å²) >= 11 is 0. The lowest BCUT2D eigenvalue weighted by Crippen LogP contribution is -2.23. The van der Waals surface area contributed by atoms with Crippen LogP contribution in [0.15, 0.2) is 52.9 Å². The first-order valence-electron chi connectivity index (χ1n) is 7.63. The third-order valence-corrected chi connectivity index (χ3v) is 3.62. The minimum Gasteiger partial charge on any atom is -0.441 e. The van der Waals surface area contributed by atoms with Crippen molar-refractivity contribution in [3.05, 3.63) is 65.5 Å². The SMILES string of the molecule is NCc1cccc(CNC(=O)CCc2nc3ccccc3o2)c1. The molecule has 3 aromatic rings. The van der Waals surface area contributed by atoms with Crippen LogP contribution in [-0.4, -0.2) is 10.9 Å².